The van der Waals surface area contributed by atoms with E-state index in [4.69, 9.17) is 4.74 Å². The Hall–Kier alpha value is -0.500. The third-order valence-electron chi connectivity index (χ3n) is 3.80. The molecule has 1 unspecified atom stereocenters. The molecule has 15 heavy (non-hydrogen) atoms. The van der Waals surface area contributed by atoms with Crippen LogP contribution in [0.5, 0.6) is 0 Å². The fourth-order valence-electron chi connectivity index (χ4n) is 2.68. The van der Waals surface area contributed by atoms with Gasteiger partial charge in [-0.05, 0) is 44.6 Å². The van der Waals surface area contributed by atoms with Crippen molar-refractivity contribution >= 4 is 0 Å². The van der Waals surface area contributed by atoms with Crippen LogP contribution in [-0.2, 0) is 4.74 Å². The molecule has 2 nitrogen and oxygen atoms in total. The molecular weight excluding hydrogens is 186 g/mol. The van der Waals surface area contributed by atoms with Crippen molar-refractivity contribution in [3.05, 3.63) is 12.3 Å². The second-order valence-corrected chi connectivity index (χ2v) is 4.95. The molecule has 1 aliphatic heterocycles. The highest BCUT2D eigenvalue weighted by molar-refractivity contribution is 4.84. The van der Waals surface area contributed by atoms with E-state index in [1.165, 1.54) is 38.5 Å². The van der Waals surface area contributed by atoms with Crippen molar-refractivity contribution in [2.45, 2.75) is 57.6 Å². The number of hydrogen-bond donors (Lipinski definition) is 1. The van der Waals surface area contributed by atoms with Crippen LogP contribution in [-0.4, -0.2) is 18.7 Å². The van der Waals surface area contributed by atoms with Crippen molar-refractivity contribution in [1.29, 1.82) is 0 Å². The Morgan fingerprint density at radius 3 is 2.80 bits per heavy atom. The van der Waals surface area contributed by atoms with Crippen LogP contribution in [0.3, 0.4) is 0 Å². The van der Waals surface area contributed by atoms with Crippen molar-refractivity contribution in [3.63, 3.8) is 0 Å². The zero-order chi connectivity index (χ0) is 10.5. The minimum Gasteiger partial charge on any atom is -0.497 e. The van der Waals surface area contributed by atoms with Crippen LogP contribution < -0.4 is 5.32 Å². The predicted molar refractivity (Wildman–Crippen MR) is 62.7 cm³/mol. The molecule has 1 N–H and O–H groups in total. The van der Waals surface area contributed by atoms with Gasteiger partial charge in [0.25, 0.3) is 0 Å². The van der Waals surface area contributed by atoms with Gasteiger partial charge in [-0.3, -0.25) is 0 Å². The highest BCUT2D eigenvalue weighted by atomic mass is 16.5. The molecule has 0 radical (unpaired) electrons. The molecule has 0 saturated heterocycles. The van der Waals surface area contributed by atoms with E-state index in [2.05, 4.69) is 18.3 Å². The molecule has 1 saturated carbocycles. The Bertz CT molecular complexity index is 209. The third-order valence-corrected chi connectivity index (χ3v) is 3.80. The predicted octanol–water partition coefficient (Wildman–Crippen LogP) is 2.85. The van der Waals surface area contributed by atoms with Crippen LogP contribution in [0.25, 0.3) is 0 Å². The van der Waals surface area contributed by atoms with Crippen LogP contribution in [0.1, 0.15) is 45.4 Å². The Morgan fingerprint density at radius 1 is 1.33 bits per heavy atom. The second-order valence-electron chi connectivity index (χ2n) is 4.95. The minimum absolute atomic E-state index is 0.402. The van der Waals surface area contributed by atoms with Gasteiger partial charge < -0.3 is 10.1 Å². The first-order chi connectivity index (χ1) is 7.36. The van der Waals surface area contributed by atoms with Crippen LogP contribution in [0, 0.1) is 5.92 Å². The number of allylic oxidation sites excluding steroid dienone is 1. The van der Waals surface area contributed by atoms with Gasteiger partial charge in [-0.15, -0.1) is 0 Å². The lowest BCUT2D eigenvalue weighted by Crippen LogP contribution is -2.38. The van der Waals surface area contributed by atoms with Crippen LogP contribution in [0.4, 0.5) is 0 Å². The molecule has 0 bridgehead atoms. The summed E-state index contributed by atoms with van der Waals surface area (Å²) in [5.41, 5.74) is 0. The maximum absolute atomic E-state index is 5.55. The summed E-state index contributed by atoms with van der Waals surface area (Å²) in [4.78, 5) is 0. The van der Waals surface area contributed by atoms with Crippen LogP contribution in [0.2, 0.25) is 0 Å². The summed E-state index contributed by atoms with van der Waals surface area (Å²) in [7, 11) is 0. The summed E-state index contributed by atoms with van der Waals surface area (Å²) in [6.45, 7) is 3.34. The fourth-order valence-corrected chi connectivity index (χ4v) is 2.68. The topological polar surface area (TPSA) is 21.3 Å². The maximum atomic E-state index is 5.55. The maximum Gasteiger partial charge on any atom is 0.110 e. The fraction of sp³-hybridized carbons (Fsp3) is 0.846. The van der Waals surface area contributed by atoms with Crippen molar-refractivity contribution in [2.75, 3.05) is 6.54 Å². The SMILES string of the molecule is C[C@@H](NCC1CCC=CO1)C1CCCC1. The van der Waals surface area contributed by atoms with E-state index in [0.717, 1.165) is 12.5 Å². The molecule has 86 valence electrons. The lowest BCUT2D eigenvalue weighted by molar-refractivity contribution is 0.117. The molecule has 2 heteroatoms. The normalized spacial score (nSPS) is 29.0. The molecule has 1 heterocycles. The Balaban J connectivity index is 1.65. The number of ether oxygens (including phenoxy) is 1. The Kier molecular flexibility index (Phi) is 4.07. The lowest BCUT2D eigenvalue weighted by Gasteiger charge is -2.25. The molecule has 2 aliphatic rings. The molecule has 1 fully saturated rings. The summed E-state index contributed by atoms with van der Waals surface area (Å²) in [5, 5.41) is 3.64. The van der Waals surface area contributed by atoms with Crippen molar-refractivity contribution in [3.8, 4) is 0 Å². The zero-order valence-corrected chi connectivity index (χ0v) is 9.74. The highest BCUT2D eigenvalue weighted by Gasteiger charge is 2.22. The van der Waals surface area contributed by atoms with E-state index in [9.17, 15) is 0 Å². The zero-order valence-electron chi connectivity index (χ0n) is 9.74. The van der Waals surface area contributed by atoms with Gasteiger partial charge in [-0.1, -0.05) is 12.8 Å². The average Bonchev–Trinajstić information content (AvgIpc) is 2.81. The third kappa shape index (κ3) is 3.23. The largest absolute Gasteiger partial charge is 0.497 e. The van der Waals surface area contributed by atoms with Gasteiger partial charge in [0.05, 0.1) is 6.26 Å². The van der Waals surface area contributed by atoms with Gasteiger partial charge in [0, 0.05) is 12.6 Å². The van der Waals surface area contributed by atoms with E-state index >= 15 is 0 Å². The smallest absolute Gasteiger partial charge is 0.110 e. The quantitative estimate of drug-likeness (QED) is 0.768. The number of rotatable bonds is 4. The molecule has 0 aromatic rings. The van der Waals surface area contributed by atoms with E-state index in [-0.39, 0.29) is 0 Å². The van der Waals surface area contributed by atoms with Gasteiger partial charge >= 0.3 is 0 Å². The van der Waals surface area contributed by atoms with E-state index < -0.39 is 0 Å². The second kappa shape index (κ2) is 5.55. The molecule has 0 aromatic carbocycles. The first-order valence-electron chi connectivity index (χ1n) is 6.40. The Labute approximate surface area is 93.1 Å². The summed E-state index contributed by atoms with van der Waals surface area (Å²) in [6, 6.07) is 0.669. The van der Waals surface area contributed by atoms with Crippen LogP contribution >= 0.6 is 0 Å². The van der Waals surface area contributed by atoms with Gasteiger partial charge in [0.1, 0.15) is 6.10 Å². The molecule has 2 rings (SSSR count). The lowest BCUT2D eigenvalue weighted by atomic mass is 9.99. The minimum atomic E-state index is 0.402. The van der Waals surface area contributed by atoms with Gasteiger partial charge in [0.2, 0.25) is 0 Å². The first kappa shape index (κ1) is 11.0. The molecular formula is C13H23NO. The van der Waals surface area contributed by atoms with Crippen molar-refractivity contribution in [2.24, 2.45) is 5.92 Å². The Morgan fingerprint density at radius 2 is 2.13 bits per heavy atom. The van der Waals surface area contributed by atoms with Crippen molar-refractivity contribution in [1.82, 2.24) is 5.32 Å². The van der Waals surface area contributed by atoms with Crippen LogP contribution in [0.15, 0.2) is 12.3 Å². The molecule has 2 atom stereocenters. The van der Waals surface area contributed by atoms with Gasteiger partial charge in [0.15, 0.2) is 0 Å². The van der Waals surface area contributed by atoms with Gasteiger partial charge in [-0.25, -0.2) is 0 Å². The monoisotopic (exact) mass is 209 g/mol. The number of hydrogen-bond acceptors (Lipinski definition) is 2. The molecule has 0 amide bonds. The summed E-state index contributed by atoms with van der Waals surface area (Å²) >= 11 is 0. The summed E-state index contributed by atoms with van der Waals surface area (Å²) in [5.74, 6) is 0.907. The summed E-state index contributed by atoms with van der Waals surface area (Å²) < 4.78 is 5.55. The van der Waals surface area contributed by atoms with E-state index in [1.54, 1.807) is 0 Å². The standard InChI is InChI=1S/C13H23NO/c1-11(12-6-2-3-7-12)14-10-13-8-4-5-9-15-13/h5,9,11-14H,2-4,6-8,10H2,1H3/t11-,13?/m1/s1. The summed E-state index contributed by atoms with van der Waals surface area (Å²) in [6.07, 6.45) is 12.4. The molecule has 0 spiro atoms. The van der Waals surface area contributed by atoms with E-state index in [1.807, 2.05) is 6.26 Å². The first-order valence-corrected chi connectivity index (χ1v) is 6.40. The van der Waals surface area contributed by atoms with Crippen molar-refractivity contribution < 1.29 is 4.74 Å². The number of nitrogens with one attached hydrogen (secondary N) is 1. The average molecular weight is 209 g/mol. The molecule has 1 aliphatic carbocycles. The molecule has 0 aromatic heterocycles. The van der Waals surface area contributed by atoms with Gasteiger partial charge in [-0.2, -0.15) is 0 Å². The highest BCUT2D eigenvalue weighted by Crippen LogP contribution is 2.27. The van der Waals surface area contributed by atoms with E-state index in [0.29, 0.717) is 12.1 Å².